The third-order valence-electron chi connectivity index (χ3n) is 9.95. The average molecular weight is 466 g/mol. The summed E-state index contributed by atoms with van der Waals surface area (Å²) in [5.74, 6) is 3.56. The second kappa shape index (κ2) is 7.51. The quantitative estimate of drug-likeness (QED) is 0.700. The molecule has 6 heteroatoms. The number of benzene rings is 1. The van der Waals surface area contributed by atoms with Gasteiger partial charge in [-0.3, -0.25) is 4.79 Å². The Hall–Kier alpha value is -2.47. The molecular weight excluding hydrogens is 430 g/mol. The number of carbonyl (C=O) groups is 1. The van der Waals surface area contributed by atoms with Gasteiger partial charge in [-0.1, -0.05) is 26.0 Å². The van der Waals surface area contributed by atoms with Gasteiger partial charge in [0, 0.05) is 12.5 Å². The van der Waals surface area contributed by atoms with Crippen molar-refractivity contribution >= 4 is 12.0 Å². The van der Waals surface area contributed by atoms with E-state index in [2.05, 4.69) is 26.0 Å². The third-order valence-corrected chi connectivity index (χ3v) is 9.95. The van der Waals surface area contributed by atoms with Crippen LogP contribution in [0.15, 0.2) is 29.9 Å². The Morgan fingerprint density at radius 3 is 2.79 bits per heavy atom. The summed E-state index contributed by atoms with van der Waals surface area (Å²) < 4.78 is 16.8. The van der Waals surface area contributed by atoms with Gasteiger partial charge in [-0.25, -0.2) is 0 Å². The van der Waals surface area contributed by atoms with Gasteiger partial charge in [0.2, 0.25) is 18.4 Å². The fourth-order valence-electron chi connectivity index (χ4n) is 8.26. The molecule has 1 N–H and O–H groups in total. The van der Waals surface area contributed by atoms with E-state index in [-0.39, 0.29) is 35.7 Å². The summed E-state index contributed by atoms with van der Waals surface area (Å²) in [6.45, 7) is 4.84. The first-order chi connectivity index (χ1) is 16.3. The fraction of sp³-hybridized carbons (Fsp3) is 0.607. The van der Waals surface area contributed by atoms with Gasteiger partial charge < -0.3 is 24.2 Å². The highest BCUT2D eigenvalue weighted by molar-refractivity contribution is 5.89. The second-order valence-electron chi connectivity index (χ2n) is 11.4. The van der Waals surface area contributed by atoms with Gasteiger partial charge >= 0.3 is 0 Å². The van der Waals surface area contributed by atoms with E-state index in [0.29, 0.717) is 35.0 Å². The molecule has 0 bridgehead atoms. The van der Waals surface area contributed by atoms with E-state index in [0.717, 1.165) is 37.7 Å². The van der Waals surface area contributed by atoms with Gasteiger partial charge in [0.1, 0.15) is 0 Å². The molecule has 3 saturated carbocycles. The van der Waals surface area contributed by atoms with Crippen LogP contribution in [0.5, 0.6) is 17.2 Å². The molecule has 2 aliphatic heterocycles. The number of nitrogens with zero attached hydrogens (tertiary/aromatic N) is 1. The number of amides is 1. The molecule has 0 unspecified atom stereocenters. The van der Waals surface area contributed by atoms with E-state index in [1.54, 1.807) is 13.2 Å². The first kappa shape index (κ1) is 22.0. The van der Waals surface area contributed by atoms with Crippen LogP contribution < -0.4 is 14.2 Å². The molecule has 3 aliphatic carbocycles. The van der Waals surface area contributed by atoms with Crippen molar-refractivity contribution in [1.29, 1.82) is 0 Å². The summed E-state index contributed by atoms with van der Waals surface area (Å²) in [5.41, 5.74) is 2.14. The Morgan fingerprint density at radius 2 is 2.00 bits per heavy atom. The normalized spacial score (nSPS) is 41.3. The lowest BCUT2D eigenvalue weighted by Crippen LogP contribution is -2.60. The highest BCUT2D eigenvalue weighted by Crippen LogP contribution is 2.65. The molecule has 1 amide bonds. The zero-order valence-electron chi connectivity index (χ0n) is 20.5. The zero-order chi connectivity index (χ0) is 23.8. The molecular formula is C28H35NO5. The second-order valence-corrected chi connectivity index (χ2v) is 11.4. The molecule has 5 aliphatic rings. The van der Waals surface area contributed by atoms with Crippen molar-refractivity contribution in [3.05, 3.63) is 35.4 Å². The lowest BCUT2D eigenvalue weighted by atomic mass is 9.47. The van der Waals surface area contributed by atoms with Crippen molar-refractivity contribution in [3.8, 4) is 17.2 Å². The first-order valence-corrected chi connectivity index (χ1v) is 12.6. The molecule has 6 rings (SSSR count). The monoisotopic (exact) mass is 465 g/mol. The average Bonchev–Trinajstić information content (AvgIpc) is 3.40. The molecule has 2 heterocycles. The number of hydrogen-bond acceptors (Lipinski definition) is 5. The molecule has 7 atom stereocenters. The standard InChI is InChI=1S/C28H35NO5/c1-27-9-7-20-18(19(27)5-6-23(27)30)14-17(26-28(20,2)10-8-24(31)29(26)3)11-16-12-21(32-4)25-22(13-16)33-15-34-25/h8,10-13,18-20,23,26,30H,5-7,9,14-15H2,1-4H3/t18-,19-,20-,23-,26+,27-,28+/m0/s1. The Bertz CT molecular complexity index is 1090. The number of likely N-dealkylation sites (N-methyl/N-ethyl adjacent to an activating group) is 1. The summed E-state index contributed by atoms with van der Waals surface area (Å²) >= 11 is 0. The van der Waals surface area contributed by atoms with Crippen LogP contribution in [0.25, 0.3) is 6.08 Å². The van der Waals surface area contributed by atoms with E-state index in [4.69, 9.17) is 14.2 Å². The van der Waals surface area contributed by atoms with Crippen molar-refractivity contribution in [1.82, 2.24) is 4.90 Å². The predicted octanol–water partition coefficient (Wildman–Crippen LogP) is 4.42. The van der Waals surface area contributed by atoms with Crippen molar-refractivity contribution in [2.24, 2.45) is 28.6 Å². The summed E-state index contributed by atoms with van der Waals surface area (Å²) in [4.78, 5) is 14.7. The maximum atomic E-state index is 12.8. The van der Waals surface area contributed by atoms with E-state index in [1.807, 2.05) is 24.1 Å². The van der Waals surface area contributed by atoms with Crippen molar-refractivity contribution < 1.29 is 24.1 Å². The number of ether oxygens (including phenoxy) is 3. The smallest absolute Gasteiger partial charge is 0.246 e. The lowest BCUT2D eigenvalue weighted by molar-refractivity contribution is -0.135. The van der Waals surface area contributed by atoms with E-state index in [9.17, 15) is 9.90 Å². The number of methoxy groups -OCH3 is 1. The number of hydrogen-bond donors (Lipinski definition) is 1. The fourth-order valence-corrected chi connectivity index (χ4v) is 8.26. The van der Waals surface area contributed by atoms with Crippen LogP contribution in [-0.2, 0) is 4.79 Å². The molecule has 3 fully saturated rings. The van der Waals surface area contributed by atoms with Crippen LogP contribution in [0.4, 0.5) is 0 Å². The molecule has 0 saturated heterocycles. The van der Waals surface area contributed by atoms with Gasteiger partial charge in [-0.15, -0.1) is 0 Å². The molecule has 0 radical (unpaired) electrons. The van der Waals surface area contributed by atoms with E-state index < -0.39 is 0 Å². The summed E-state index contributed by atoms with van der Waals surface area (Å²) in [7, 11) is 3.58. The van der Waals surface area contributed by atoms with Gasteiger partial charge in [0.15, 0.2) is 11.5 Å². The Morgan fingerprint density at radius 1 is 1.18 bits per heavy atom. The van der Waals surface area contributed by atoms with Crippen LogP contribution in [0.3, 0.4) is 0 Å². The van der Waals surface area contributed by atoms with E-state index >= 15 is 0 Å². The Balaban J connectivity index is 1.47. The maximum absolute atomic E-state index is 12.8. The number of aliphatic hydroxyl groups is 1. The Kier molecular flexibility index (Phi) is 4.87. The molecule has 0 aromatic heterocycles. The topological polar surface area (TPSA) is 68.2 Å². The number of rotatable bonds is 2. The molecule has 6 nitrogen and oxygen atoms in total. The van der Waals surface area contributed by atoms with Crippen molar-refractivity contribution in [2.75, 3.05) is 21.0 Å². The molecule has 1 aromatic rings. The van der Waals surface area contributed by atoms with Crippen molar-refractivity contribution in [2.45, 2.75) is 58.1 Å². The highest BCUT2D eigenvalue weighted by Gasteiger charge is 2.61. The highest BCUT2D eigenvalue weighted by atomic mass is 16.7. The van der Waals surface area contributed by atoms with E-state index in [1.165, 1.54) is 5.57 Å². The van der Waals surface area contributed by atoms with Crippen molar-refractivity contribution in [3.63, 3.8) is 0 Å². The number of fused-ring (bicyclic) bond motifs is 6. The van der Waals surface area contributed by atoms with Gasteiger partial charge in [-0.05, 0) is 84.6 Å². The molecule has 182 valence electrons. The molecule has 0 spiro atoms. The largest absolute Gasteiger partial charge is 0.493 e. The minimum atomic E-state index is -0.208. The minimum absolute atomic E-state index is 0.00244. The van der Waals surface area contributed by atoms with Gasteiger partial charge in [0.05, 0.1) is 19.3 Å². The molecule has 34 heavy (non-hydrogen) atoms. The first-order valence-electron chi connectivity index (χ1n) is 12.6. The minimum Gasteiger partial charge on any atom is -0.493 e. The molecule has 1 aromatic carbocycles. The van der Waals surface area contributed by atoms with Crippen LogP contribution in [0.1, 0.15) is 51.5 Å². The summed E-state index contributed by atoms with van der Waals surface area (Å²) in [5, 5.41) is 10.9. The number of aliphatic hydroxyl groups excluding tert-OH is 1. The van der Waals surface area contributed by atoms with Gasteiger partial charge in [0.25, 0.3) is 0 Å². The number of carbonyl (C=O) groups excluding carboxylic acids is 1. The predicted molar refractivity (Wildman–Crippen MR) is 129 cm³/mol. The third kappa shape index (κ3) is 2.93. The summed E-state index contributed by atoms with van der Waals surface area (Å²) in [6.07, 6.45) is 11.1. The summed E-state index contributed by atoms with van der Waals surface area (Å²) in [6, 6.07) is 4.01. The SMILES string of the molecule is COc1cc(C=C2C[C@@H]3[C@H](CC[C@]4(C)[C@@H](O)CC[C@@H]34)[C@@]3(C)C=CC(=O)N(C)[C@H]23)cc2c1OCO2. The van der Waals surface area contributed by atoms with Crippen LogP contribution in [0.2, 0.25) is 0 Å². The van der Waals surface area contributed by atoms with Crippen LogP contribution in [0, 0.1) is 28.6 Å². The zero-order valence-corrected chi connectivity index (χ0v) is 20.5. The van der Waals surface area contributed by atoms with Crippen LogP contribution in [-0.4, -0.2) is 49.0 Å². The van der Waals surface area contributed by atoms with Gasteiger partial charge in [-0.2, -0.15) is 0 Å². The Labute approximate surface area is 201 Å². The lowest BCUT2D eigenvalue weighted by Gasteiger charge is -2.60. The van der Waals surface area contributed by atoms with Crippen LogP contribution >= 0.6 is 0 Å². The maximum Gasteiger partial charge on any atom is 0.246 e.